The number of allylic oxidation sites excluding steroid dienone is 1. The van der Waals surface area contributed by atoms with Gasteiger partial charge in [0.25, 0.3) is 0 Å². The van der Waals surface area contributed by atoms with E-state index in [1.807, 2.05) is 0 Å². The molecular formula is C26H36O5. The van der Waals surface area contributed by atoms with Crippen molar-refractivity contribution in [1.29, 1.82) is 0 Å². The number of phenols is 1. The molecule has 170 valence electrons. The van der Waals surface area contributed by atoms with E-state index in [2.05, 4.69) is 27.7 Å². The lowest BCUT2D eigenvalue weighted by molar-refractivity contribution is -0.210. The van der Waals surface area contributed by atoms with Crippen molar-refractivity contribution in [3.05, 3.63) is 28.8 Å². The highest BCUT2D eigenvalue weighted by atomic mass is 16.5. The van der Waals surface area contributed by atoms with Gasteiger partial charge in [0.15, 0.2) is 5.78 Å². The van der Waals surface area contributed by atoms with Crippen molar-refractivity contribution >= 4 is 11.9 Å². The van der Waals surface area contributed by atoms with E-state index in [0.29, 0.717) is 29.2 Å². The molecule has 1 aliphatic heterocycles. The normalized spacial score (nSPS) is 36.3. The van der Waals surface area contributed by atoms with E-state index in [9.17, 15) is 20.1 Å². The summed E-state index contributed by atoms with van der Waals surface area (Å²) in [6.07, 6.45) is 7.10. The largest absolute Gasteiger partial charge is 0.508 e. The maximum Gasteiger partial charge on any atom is 0.152 e. The predicted octanol–water partition coefficient (Wildman–Crippen LogP) is 4.39. The van der Waals surface area contributed by atoms with Gasteiger partial charge in [-0.05, 0) is 73.6 Å². The highest BCUT2D eigenvalue weighted by Gasteiger charge is 2.67. The third-order valence-electron chi connectivity index (χ3n) is 8.98. The first-order chi connectivity index (χ1) is 14.5. The van der Waals surface area contributed by atoms with Crippen molar-refractivity contribution < 1.29 is 24.9 Å². The number of aliphatic hydroxyl groups is 2. The number of fused-ring (bicyclic) bond motifs is 3. The van der Waals surface area contributed by atoms with Gasteiger partial charge in [0.05, 0.1) is 12.7 Å². The number of hydrogen-bond donors (Lipinski definition) is 3. The monoisotopic (exact) mass is 428 g/mol. The Morgan fingerprint density at radius 1 is 1.26 bits per heavy atom. The Balaban J connectivity index is 1.87. The van der Waals surface area contributed by atoms with Gasteiger partial charge in [-0.15, -0.1) is 0 Å². The standard InChI is InChI=1S/C26H36O5/c1-15-6-9-21-24(3,4)22(30)10-11-25(21,5)26(15)13-19-20(29)12-17(14-27)18(23(19)31-26)8-7-16(2)28/h7-8,12,15,21-22,27,29-30H,6,9-11,13-14H2,1-5H3. The first-order valence-corrected chi connectivity index (χ1v) is 11.5. The summed E-state index contributed by atoms with van der Waals surface area (Å²) in [4.78, 5) is 11.6. The van der Waals surface area contributed by atoms with E-state index >= 15 is 0 Å². The lowest BCUT2D eigenvalue weighted by atomic mass is 9.43. The summed E-state index contributed by atoms with van der Waals surface area (Å²) in [5.74, 6) is 1.22. The van der Waals surface area contributed by atoms with Crippen LogP contribution in [0.5, 0.6) is 11.5 Å². The molecule has 5 unspecified atom stereocenters. The van der Waals surface area contributed by atoms with Crippen LogP contribution in [0.3, 0.4) is 0 Å². The second-order valence-electron chi connectivity index (χ2n) is 10.9. The Bertz CT molecular complexity index is 932. The maximum atomic E-state index is 11.6. The molecule has 5 nitrogen and oxygen atoms in total. The fraction of sp³-hybridized carbons (Fsp3) is 0.654. The number of carbonyl (C=O) groups is 1. The van der Waals surface area contributed by atoms with Crippen LogP contribution in [-0.2, 0) is 17.8 Å². The number of aromatic hydroxyl groups is 1. The lowest BCUT2D eigenvalue weighted by Gasteiger charge is -2.64. The van der Waals surface area contributed by atoms with E-state index < -0.39 is 5.60 Å². The number of hydrogen-bond acceptors (Lipinski definition) is 5. The smallest absolute Gasteiger partial charge is 0.152 e. The van der Waals surface area contributed by atoms with Crippen molar-refractivity contribution in [2.75, 3.05) is 0 Å². The second-order valence-corrected chi connectivity index (χ2v) is 10.9. The first-order valence-electron chi connectivity index (χ1n) is 11.5. The predicted molar refractivity (Wildman–Crippen MR) is 120 cm³/mol. The van der Waals surface area contributed by atoms with E-state index in [4.69, 9.17) is 4.74 Å². The van der Waals surface area contributed by atoms with Gasteiger partial charge in [-0.2, -0.15) is 0 Å². The quantitative estimate of drug-likeness (QED) is 0.622. The molecule has 4 rings (SSSR count). The fourth-order valence-electron chi connectivity index (χ4n) is 7.08. The Kier molecular flexibility index (Phi) is 5.30. The molecule has 3 N–H and O–H groups in total. The van der Waals surface area contributed by atoms with Crippen molar-refractivity contribution in [3.63, 3.8) is 0 Å². The highest BCUT2D eigenvalue weighted by molar-refractivity contribution is 5.92. The number of rotatable bonds is 3. The number of carbonyl (C=O) groups excluding carboxylic acids is 1. The molecule has 0 bridgehead atoms. The molecule has 5 heteroatoms. The van der Waals surface area contributed by atoms with Gasteiger partial charge in [0, 0.05) is 23.0 Å². The molecule has 1 spiro atoms. The molecule has 0 saturated heterocycles. The second kappa shape index (κ2) is 7.35. The zero-order valence-electron chi connectivity index (χ0n) is 19.4. The summed E-state index contributed by atoms with van der Waals surface area (Å²) in [5, 5.41) is 31.6. The van der Waals surface area contributed by atoms with Crippen LogP contribution in [0.15, 0.2) is 12.1 Å². The SMILES string of the molecule is CC(=O)C=Cc1c(CO)cc(O)c2c1OC1(C2)C(C)CCC2C(C)(C)C(O)CCC21C. The van der Waals surface area contributed by atoms with Gasteiger partial charge >= 0.3 is 0 Å². The third-order valence-corrected chi connectivity index (χ3v) is 8.98. The minimum Gasteiger partial charge on any atom is -0.508 e. The van der Waals surface area contributed by atoms with Crippen LogP contribution in [0.25, 0.3) is 6.08 Å². The van der Waals surface area contributed by atoms with Gasteiger partial charge in [0.2, 0.25) is 0 Å². The molecule has 0 amide bonds. The summed E-state index contributed by atoms with van der Waals surface area (Å²) in [5.41, 5.74) is 1.11. The van der Waals surface area contributed by atoms with E-state index in [1.165, 1.54) is 13.0 Å². The molecular weight excluding hydrogens is 392 g/mol. The lowest BCUT2D eigenvalue weighted by Crippen LogP contribution is -2.66. The molecule has 2 saturated carbocycles. The van der Waals surface area contributed by atoms with Crippen molar-refractivity contribution in [2.24, 2.45) is 22.7 Å². The molecule has 2 aliphatic carbocycles. The van der Waals surface area contributed by atoms with Crippen LogP contribution in [-0.4, -0.2) is 32.8 Å². The van der Waals surface area contributed by atoms with E-state index in [1.54, 1.807) is 12.1 Å². The first kappa shape index (κ1) is 22.3. The Labute approximate surface area is 185 Å². The zero-order chi connectivity index (χ0) is 22.8. The van der Waals surface area contributed by atoms with Crippen LogP contribution in [0.1, 0.15) is 77.0 Å². The molecule has 0 aromatic heterocycles. The third kappa shape index (κ3) is 3.07. The van der Waals surface area contributed by atoms with Crippen molar-refractivity contribution in [3.8, 4) is 11.5 Å². The molecule has 1 aromatic carbocycles. The van der Waals surface area contributed by atoms with Gasteiger partial charge in [-0.25, -0.2) is 0 Å². The molecule has 31 heavy (non-hydrogen) atoms. The Hall–Kier alpha value is -1.85. The molecule has 3 aliphatic rings. The summed E-state index contributed by atoms with van der Waals surface area (Å²) in [6, 6.07) is 1.60. The van der Waals surface area contributed by atoms with Crippen LogP contribution in [0.4, 0.5) is 0 Å². The molecule has 1 heterocycles. The van der Waals surface area contributed by atoms with Crippen molar-refractivity contribution in [1.82, 2.24) is 0 Å². The van der Waals surface area contributed by atoms with Gasteiger partial charge in [-0.1, -0.05) is 27.7 Å². The Morgan fingerprint density at radius 3 is 2.61 bits per heavy atom. The van der Waals surface area contributed by atoms with Crippen LogP contribution in [0.2, 0.25) is 0 Å². The summed E-state index contributed by atoms with van der Waals surface area (Å²) < 4.78 is 6.92. The maximum absolute atomic E-state index is 11.6. The van der Waals surface area contributed by atoms with E-state index in [0.717, 1.165) is 31.2 Å². The highest BCUT2D eigenvalue weighted by Crippen LogP contribution is 2.67. The molecule has 0 radical (unpaired) electrons. The average molecular weight is 429 g/mol. The van der Waals surface area contributed by atoms with Gasteiger partial charge < -0.3 is 20.1 Å². The number of aliphatic hydroxyl groups excluding tert-OH is 2. The number of ketones is 1. The average Bonchev–Trinajstić information content (AvgIpc) is 3.11. The molecule has 1 aromatic rings. The zero-order valence-corrected chi connectivity index (χ0v) is 19.4. The Morgan fingerprint density at radius 2 is 1.97 bits per heavy atom. The summed E-state index contributed by atoms with van der Waals surface area (Å²) in [6.45, 7) is 10.1. The van der Waals surface area contributed by atoms with E-state index in [-0.39, 0.29) is 41.0 Å². The minimum atomic E-state index is -0.500. The van der Waals surface area contributed by atoms with Crippen LogP contribution >= 0.6 is 0 Å². The molecule has 2 fully saturated rings. The number of benzene rings is 1. The number of phenolic OH excluding ortho intramolecular Hbond substituents is 1. The van der Waals surface area contributed by atoms with Gasteiger partial charge in [0.1, 0.15) is 17.1 Å². The summed E-state index contributed by atoms with van der Waals surface area (Å²) in [7, 11) is 0. The van der Waals surface area contributed by atoms with Crippen LogP contribution in [0, 0.1) is 22.7 Å². The number of ether oxygens (including phenoxy) is 1. The molecule has 5 atom stereocenters. The minimum absolute atomic E-state index is 0.0838. The van der Waals surface area contributed by atoms with Crippen LogP contribution < -0.4 is 4.74 Å². The van der Waals surface area contributed by atoms with Gasteiger partial charge in [-0.3, -0.25) is 4.79 Å². The fourth-order valence-corrected chi connectivity index (χ4v) is 7.08. The summed E-state index contributed by atoms with van der Waals surface area (Å²) >= 11 is 0. The van der Waals surface area contributed by atoms with Crippen molar-refractivity contribution in [2.45, 2.75) is 85.0 Å². The topological polar surface area (TPSA) is 87.0 Å².